The van der Waals surface area contributed by atoms with E-state index in [-0.39, 0.29) is 11.9 Å². The van der Waals surface area contributed by atoms with Crippen LogP contribution in [0.25, 0.3) is 11.7 Å². The summed E-state index contributed by atoms with van der Waals surface area (Å²) in [6.07, 6.45) is 12.8. The molecule has 2 heterocycles. The molecule has 0 aromatic carbocycles. The van der Waals surface area contributed by atoms with Crippen LogP contribution in [-0.2, 0) is 0 Å². The summed E-state index contributed by atoms with van der Waals surface area (Å²) in [6, 6.07) is 3.57. The summed E-state index contributed by atoms with van der Waals surface area (Å²) in [7, 11) is 0. The summed E-state index contributed by atoms with van der Waals surface area (Å²) in [4.78, 5) is 17.7. The van der Waals surface area contributed by atoms with E-state index in [1.165, 1.54) is 32.1 Å². The lowest BCUT2D eigenvalue weighted by Crippen LogP contribution is -2.45. The zero-order valence-electron chi connectivity index (χ0n) is 17.0. The molecule has 6 heteroatoms. The number of pyridine rings is 1. The molecule has 29 heavy (non-hydrogen) atoms. The molecule has 2 aromatic rings. The average Bonchev–Trinajstić information content (AvgIpc) is 3.14. The quantitative estimate of drug-likeness (QED) is 0.773. The summed E-state index contributed by atoms with van der Waals surface area (Å²) < 4.78 is 7.90. The first-order valence-electron chi connectivity index (χ1n) is 10.9. The minimum Gasteiger partial charge on any atom is -0.489 e. The van der Waals surface area contributed by atoms with Gasteiger partial charge in [0.1, 0.15) is 5.69 Å². The lowest BCUT2D eigenvalue weighted by Gasteiger charge is -2.28. The summed E-state index contributed by atoms with van der Waals surface area (Å²) in [5.41, 5.74) is 1.60. The second kappa shape index (κ2) is 8.99. The second-order valence-electron chi connectivity index (χ2n) is 8.36. The van der Waals surface area contributed by atoms with Gasteiger partial charge in [0.05, 0.1) is 24.4 Å². The van der Waals surface area contributed by atoms with E-state index in [1.54, 1.807) is 10.5 Å². The molecular formula is C23H31N3O3. The fourth-order valence-corrected chi connectivity index (χ4v) is 4.62. The van der Waals surface area contributed by atoms with Crippen molar-refractivity contribution in [1.82, 2.24) is 14.7 Å². The Kier molecular flexibility index (Phi) is 6.19. The standard InChI is InChI=1S/C23H31N3O3/c1-2-17-21(23(28)25-18-11-6-7-12-19(18)27)26-14-8-13-20(22(26)24-17)29-15-16-9-4-3-5-10-16/h2,8,13-14,16,18-19,27H,1,3-7,9-12,15H2,(H,25,28)/t18?,19-/m1/s1. The number of rotatable bonds is 6. The van der Waals surface area contributed by atoms with Gasteiger partial charge in [-0.1, -0.05) is 38.7 Å². The predicted octanol–water partition coefficient (Wildman–Crippen LogP) is 3.97. The summed E-state index contributed by atoms with van der Waals surface area (Å²) in [6.45, 7) is 4.52. The lowest BCUT2D eigenvalue weighted by molar-refractivity contribution is 0.0713. The number of nitrogens with one attached hydrogen (secondary N) is 1. The van der Waals surface area contributed by atoms with E-state index < -0.39 is 6.10 Å². The Hall–Kier alpha value is -2.34. The van der Waals surface area contributed by atoms with Crippen LogP contribution in [0.5, 0.6) is 5.75 Å². The number of aliphatic hydroxyl groups is 1. The molecule has 0 bridgehead atoms. The topological polar surface area (TPSA) is 75.9 Å². The van der Waals surface area contributed by atoms with Crippen molar-refractivity contribution >= 4 is 17.6 Å². The van der Waals surface area contributed by atoms with Crippen LogP contribution in [-0.4, -0.2) is 39.2 Å². The Balaban J connectivity index is 1.57. The first kappa shape index (κ1) is 20.0. The minimum absolute atomic E-state index is 0.217. The zero-order valence-corrected chi connectivity index (χ0v) is 17.0. The second-order valence-corrected chi connectivity index (χ2v) is 8.36. The van der Waals surface area contributed by atoms with E-state index in [1.807, 2.05) is 18.3 Å². The third-order valence-electron chi connectivity index (χ3n) is 6.29. The number of hydrogen-bond acceptors (Lipinski definition) is 4. The zero-order chi connectivity index (χ0) is 20.2. The molecule has 6 nitrogen and oxygen atoms in total. The molecule has 156 valence electrons. The monoisotopic (exact) mass is 397 g/mol. The maximum atomic E-state index is 13.1. The maximum Gasteiger partial charge on any atom is 0.270 e. The van der Waals surface area contributed by atoms with Crippen LogP contribution in [0.15, 0.2) is 24.9 Å². The summed E-state index contributed by atoms with van der Waals surface area (Å²) >= 11 is 0. The number of nitrogens with zero attached hydrogens (tertiary/aromatic N) is 2. The molecule has 2 saturated carbocycles. The maximum absolute atomic E-state index is 13.1. The molecule has 2 N–H and O–H groups in total. The van der Waals surface area contributed by atoms with Crippen molar-refractivity contribution in [2.75, 3.05) is 6.61 Å². The highest BCUT2D eigenvalue weighted by Crippen LogP contribution is 2.28. The van der Waals surface area contributed by atoms with E-state index >= 15 is 0 Å². The Morgan fingerprint density at radius 1 is 1.24 bits per heavy atom. The van der Waals surface area contributed by atoms with Crippen LogP contribution < -0.4 is 10.1 Å². The first-order chi connectivity index (χ1) is 14.2. The van der Waals surface area contributed by atoms with Gasteiger partial charge in [0, 0.05) is 6.20 Å². The molecule has 2 fully saturated rings. The van der Waals surface area contributed by atoms with Crippen LogP contribution in [0, 0.1) is 5.92 Å². The Morgan fingerprint density at radius 2 is 2.00 bits per heavy atom. The van der Waals surface area contributed by atoms with Gasteiger partial charge in [-0.05, 0) is 49.8 Å². The van der Waals surface area contributed by atoms with Crippen LogP contribution in [0.1, 0.15) is 74.0 Å². The number of aromatic nitrogens is 2. The van der Waals surface area contributed by atoms with Gasteiger partial charge in [0.2, 0.25) is 0 Å². The highest BCUT2D eigenvalue weighted by atomic mass is 16.5. The largest absolute Gasteiger partial charge is 0.489 e. The molecule has 0 saturated heterocycles. The van der Waals surface area contributed by atoms with Gasteiger partial charge in [-0.2, -0.15) is 0 Å². The van der Waals surface area contributed by atoms with E-state index in [4.69, 9.17) is 4.74 Å². The molecule has 1 amide bonds. The fourth-order valence-electron chi connectivity index (χ4n) is 4.62. The molecule has 2 atom stereocenters. The van der Waals surface area contributed by atoms with Crippen molar-refractivity contribution in [3.05, 3.63) is 36.3 Å². The smallest absolute Gasteiger partial charge is 0.270 e. The van der Waals surface area contributed by atoms with Gasteiger partial charge in [0.15, 0.2) is 11.4 Å². The lowest BCUT2D eigenvalue weighted by atomic mass is 9.90. The van der Waals surface area contributed by atoms with Crippen molar-refractivity contribution in [3.63, 3.8) is 0 Å². The van der Waals surface area contributed by atoms with Crippen LogP contribution in [0.3, 0.4) is 0 Å². The van der Waals surface area contributed by atoms with Gasteiger partial charge in [-0.25, -0.2) is 4.98 Å². The molecule has 2 aliphatic carbocycles. The first-order valence-corrected chi connectivity index (χ1v) is 10.9. The summed E-state index contributed by atoms with van der Waals surface area (Å²) in [5, 5.41) is 13.2. The van der Waals surface area contributed by atoms with Crippen molar-refractivity contribution in [1.29, 1.82) is 0 Å². The fraction of sp³-hybridized carbons (Fsp3) is 0.565. The normalized spacial score (nSPS) is 23.1. The van der Waals surface area contributed by atoms with Crippen molar-refractivity contribution in [2.24, 2.45) is 5.92 Å². The van der Waals surface area contributed by atoms with Crippen molar-refractivity contribution in [3.8, 4) is 5.75 Å². The highest BCUT2D eigenvalue weighted by Gasteiger charge is 2.27. The molecule has 2 aromatic heterocycles. The van der Waals surface area contributed by atoms with Gasteiger partial charge in [-0.15, -0.1) is 0 Å². The number of ether oxygens (including phenoxy) is 1. The molecule has 4 rings (SSSR count). The van der Waals surface area contributed by atoms with Gasteiger partial charge in [-0.3, -0.25) is 9.20 Å². The number of hydrogen-bond donors (Lipinski definition) is 2. The van der Waals surface area contributed by atoms with Crippen LogP contribution >= 0.6 is 0 Å². The number of carbonyl (C=O) groups excluding carboxylic acids is 1. The molecule has 2 aliphatic rings. The number of imidazole rings is 1. The molecule has 0 spiro atoms. The van der Waals surface area contributed by atoms with E-state index in [2.05, 4.69) is 16.9 Å². The van der Waals surface area contributed by atoms with E-state index in [9.17, 15) is 9.90 Å². The molecule has 0 aliphatic heterocycles. The molecular weight excluding hydrogens is 366 g/mol. The van der Waals surface area contributed by atoms with Crippen molar-refractivity contribution in [2.45, 2.75) is 69.9 Å². The number of aliphatic hydroxyl groups excluding tert-OH is 1. The van der Waals surface area contributed by atoms with Crippen molar-refractivity contribution < 1.29 is 14.6 Å². The SMILES string of the molecule is C=Cc1nc2c(OCC3CCCCC3)cccn2c1C(=O)NC1CCCC[C@H]1O. The Morgan fingerprint density at radius 3 is 2.76 bits per heavy atom. The number of fused-ring (bicyclic) bond motifs is 1. The number of carbonyl (C=O) groups is 1. The van der Waals surface area contributed by atoms with Crippen LogP contribution in [0.2, 0.25) is 0 Å². The van der Waals surface area contributed by atoms with Crippen LogP contribution in [0.4, 0.5) is 0 Å². The number of amides is 1. The third kappa shape index (κ3) is 4.32. The summed E-state index contributed by atoms with van der Waals surface area (Å²) in [5.74, 6) is 1.05. The molecule has 0 radical (unpaired) electrons. The van der Waals surface area contributed by atoms with Gasteiger partial charge in [0.25, 0.3) is 5.91 Å². The van der Waals surface area contributed by atoms with E-state index in [0.29, 0.717) is 35.3 Å². The highest BCUT2D eigenvalue weighted by molar-refractivity contribution is 5.97. The minimum atomic E-state index is -0.492. The predicted molar refractivity (Wildman–Crippen MR) is 113 cm³/mol. The average molecular weight is 398 g/mol. The Bertz CT molecular complexity index is 870. The Labute approximate surface area is 172 Å². The molecule has 1 unspecified atom stereocenters. The third-order valence-corrected chi connectivity index (χ3v) is 6.29. The van der Waals surface area contributed by atoms with E-state index in [0.717, 1.165) is 25.7 Å². The van der Waals surface area contributed by atoms with Gasteiger partial charge < -0.3 is 15.2 Å². The van der Waals surface area contributed by atoms with Gasteiger partial charge >= 0.3 is 0 Å².